The van der Waals surface area contributed by atoms with Crippen molar-refractivity contribution in [2.45, 2.75) is 19.4 Å². The highest BCUT2D eigenvalue weighted by atomic mass is 16.5. The summed E-state index contributed by atoms with van der Waals surface area (Å²) in [5.74, 6) is 0.952. The molecule has 1 unspecified atom stereocenters. The molecule has 3 rings (SSSR count). The normalized spacial score (nSPS) is 16.7. The van der Waals surface area contributed by atoms with Gasteiger partial charge in [-0.3, -0.25) is 4.90 Å². The van der Waals surface area contributed by atoms with Gasteiger partial charge in [-0.15, -0.1) is 0 Å². The quantitative estimate of drug-likeness (QED) is 0.860. The molecule has 1 fully saturated rings. The number of rotatable bonds is 6. The second-order valence-electron chi connectivity index (χ2n) is 7.03. The Morgan fingerprint density at radius 2 is 1.85 bits per heavy atom. The van der Waals surface area contributed by atoms with Gasteiger partial charge in [0.25, 0.3) is 0 Å². The van der Waals surface area contributed by atoms with Gasteiger partial charge in [0.05, 0.1) is 12.6 Å². The van der Waals surface area contributed by atoms with E-state index in [0.717, 1.165) is 31.9 Å². The summed E-state index contributed by atoms with van der Waals surface area (Å²) < 4.78 is 5.76. The third-order valence-corrected chi connectivity index (χ3v) is 4.95. The molecule has 0 radical (unpaired) electrons. The molecule has 0 spiro atoms. The van der Waals surface area contributed by atoms with Gasteiger partial charge >= 0.3 is 0 Å². The number of nitrogens with zero attached hydrogens (tertiary/aromatic N) is 2. The molecule has 1 aliphatic rings. The average molecular weight is 354 g/mol. The number of nitrogens with one attached hydrogen (secondary N) is 1. The van der Waals surface area contributed by atoms with Gasteiger partial charge in [0.2, 0.25) is 0 Å². The van der Waals surface area contributed by atoms with Gasteiger partial charge in [-0.25, -0.2) is 0 Å². The van der Waals surface area contributed by atoms with Gasteiger partial charge in [-0.05, 0) is 55.3 Å². The van der Waals surface area contributed by atoms with Crippen LogP contribution in [-0.4, -0.2) is 51.8 Å². The predicted molar refractivity (Wildman–Crippen MR) is 109 cm³/mol. The molecule has 4 heteroatoms. The van der Waals surface area contributed by atoms with Gasteiger partial charge in [-0.2, -0.15) is 0 Å². The maximum absolute atomic E-state index is 5.76. The van der Waals surface area contributed by atoms with Crippen molar-refractivity contribution in [3.05, 3.63) is 59.7 Å². The van der Waals surface area contributed by atoms with Crippen LogP contribution in [0.25, 0.3) is 0 Å². The van der Waals surface area contributed by atoms with Gasteiger partial charge < -0.3 is 15.0 Å². The topological polar surface area (TPSA) is 27.7 Å². The van der Waals surface area contributed by atoms with Crippen molar-refractivity contribution in [2.75, 3.05) is 51.8 Å². The summed E-state index contributed by atoms with van der Waals surface area (Å²) in [5.41, 5.74) is 3.87. The summed E-state index contributed by atoms with van der Waals surface area (Å²) in [6, 6.07) is 17.8. The van der Waals surface area contributed by atoms with Crippen LogP contribution >= 0.6 is 0 Å². The number of benzene rings is 2. The molecule has 4 nitrogen and oxygen atoms in total. The number of hydrogen-bond acceptors (Lipinski definition) is 4. The van der Waals surface area contributed by atoms with Crippen LogP contribution < -0.4 is 15.0 Å². The zero-order chi connectivity index (χ0) is 18.4. The predicted octanol–water partition coefficient (Wildman–Crippen LogP) is 3.54. The van der Waals surface area contributed by atoms with Crippen LogP contribution in [-0.2, 0) is 0 Å². The van der Waals surface area contributed by atoms with E-state index in [0.29, 0.717) is 6.61 Å². The molecule has 1 aliphatic heterocycles. The van der Waals surface area contributed by atoms with E-state index in [1.807, 2.05) is 13.0 Å². The Bertz CT molecular complexity index is 676. The highest BCUT2D eigenvalue weighted by molar-refractivity contribution is 5.48. The van der Waals surface area contributed by atoms with Crippen LogP contribution in [0.3, 0.4) is 0 Å². The minimum Gasteiger partial charge on any atom is -0.494 e. The minimum atomic E-state index is 0.256. The first kappa shape index (κ1) is 18.7. The molecular weight excluding hydrogens is 322 g/mol. The highest BCUT2D eigenvalue weighted by Gasteiger charge is 2.23. The van der Waals surface area contributed by atoms with Crippen molar-refractivity contribution in [1.29, 1.82) is 0 Å². The Morgan fingerprint density at radius 1 is 1.04 bits per heavy atom. The Balaban J connectivity index is 1.96. The van der Waals surface area contributed by atoms with Crippen molar-refractivity contribution >= 4 is 5.69 Å². The second-order valence-corrected chi connectivity index (χ2v) is 7.03. The Kier molecular flexibility index (Phi) is 6.53. The van der Waals surface area contributed by atoms with E-state index in [1.165, 1.54) is 23.2 Å². The minimum absolute atomic E-state index is 0.256. The molecule has 2 aromatic carbocycles. The fourth-order valence-electron chi connectivity index (χ4n) is 3.63. The summed E-state index contributed by atoms with van der Waals surface area (Å²) in [7, 11) is 4.16. The molecule has 0 saturated carbocycles. The largest absolute Gasteiger partial charge is 0.494 e. The molecule has 1 N–H and O–H groups in total. The lowest BCUT2D eigenvalue weighted by Crippen LogP contribution is -2.33. The molecule has 2 aromatic rings. The Hall–Kier alpha value is -2.04. The lowest BCUT2D eigenvalue weighted by molar-refractivity contribution is 0.240. The summed E-state index contributed by atoms with van der Waals surface area (Å²) in [4.78, 5) is 4.74. The Morgan fingerprint density at radius 3 is 2.58 bits per heavy atom. The van der Waals surface area contributed by atoms with Crippen LogP contribution in [0.2, 0.25) is 0 Å². The second kappa shape index (κ2) is 9.06. The third-order valence-electron chi connectivity index (χ3n) is 4.95. The molecule has 0 amide bonds. The van der Waals surface area contributed by atoms with E-state index >= 15 is 0 Å². The lowest BCUT2D eigenvalue weighted by atomic mass is 9.96. The first-order chi connectivity index (χ1) is 12.7. The van der Waals surface area contributed by atoms with E-state index in [4.69, 9.17) is 4.74 Å². The van der Waals surface area contributed by atoms with Crippen LogP contribution in [0.1, 0.15) is 30.5 Å². The lowest BCUT2D eigenvalue weighted by Gasteiger charge is -2.32. The molecule has 1 atom stereocenters. The maximum Gasteiger partial charge on any atom is 0.119 e. The summed E-state index contributed by atoms with van der Waals surface area (Å²) in [5, 5.41) is 3.52. The van der Waals surface area contributed by atoms with Crippen molar-refractivity contribution < 1.29 is 4.74 Å². The smallest absolute Gasteiger partial charge is 0.119 e. The zero-order valence-electron chi connectivity index (χ0n) is 16.2. The van der Waals surface area contributed by atoms with Crippen molar-refractivity contribution in [3.8, 4) is 5.75 Å². The van der Waals surface area contributed by atoms with E-state index in [9.17, 15) is 0 Å². The molecule has 0 aliphatic carbocycles. The zero-order valence-corrected chi connectivity index (χ0v) is 16.2. The van der Waals surface area contributed by atoms with Gasteiger partial charge in [0.1, 0.15) is 5.75 Å². The van der Waals surface area contributed by atoms with Crippen LogP contribution in [0.15, 0.2) is 48.5 Å². The van der Waals surface area contributed by atoms with E-state index in [-0.39, 0.29) is 6.04 Å². The van der Waals surface area contributed by atoms with E-state index < -0.39 is 0 Å². The molecule has 26 heavy (non-hydrogen) atoms. The van der Waals surface area contributed by atoms with Gasteiger partial charge in [0, 0.05) is 39.4 Å². The fraction of sp³-hybridized carbons (Fsp3) is 0.455. The third kappa shape index (κ3) is 4.57. The summed E-state index contributed by atoms with van der Waals surface area (Å²) in [6.07, 6.45) is 1.18. The molecular formula is C22H31N3O. The molecule has 0 aromatic heterocycles. The highest BCUT2D eigenvalue weighted by Crippen LogP contribution is 2.32. The summed E-state index contributed by atoms with van der Waals surface area (Å²) in [6.45, 7) is 7.02. The van der Waals surface area contributed by atoms with Crippen molar-refractivity contribution in [3.63, 3.8) is 0 Å². The van der Waals surface area contributed by atoms with Crippen LogP contribution in [0.4, 0.5) is 5.69 Å². The molecule has 1 saturated heterocycles. The Labute approximate surface area is 157 Å². The fourth-order valence-corrected chi connectivity index (χ4v) is 3.63. The van der Waals surface area contributed by atoms with Crippen molar-refractivity contribution in [1.82, 2.24) is 10.2 Å². The van der Waals surface area contributed by atoms with E-state index in [1.54, 1.807) is 0 Å². The van der Waals surface area contributed by atoms with Crippen LogP contribution in [0.5, 0.6) is 5.75 Å². The number of ether oxygens (including phenoxy) is 1. The first-order valence-corrected chi connectivity index (χ1v) is 9.64. The van der Waals surface area contributed by atoms with Crippen molar-refractivity contribution in [2.24, 2.45) is 0 Å². The SMILES string of the molecule is CCOc1cccc(C(c2ccc(N(C)C)cc2)N2CCCNCC2)c1. The monoisotopic (exact) mass is 353 g/mol. The van der Waals surface area contributed by atoms with Gasteiger partial charge in [0.15, 0.2) is 0 Å². The molecule has 140 valence electrons. The van der Waals surface area contributed by atoms with E-state index in [2.05, 4.69) is 71.7 Å². The number of hydrogen-bond donors (Lipinski definition) is 1. The molecule has 1 heterocycles. The standard InChI is InChI=1S/C22H31N3O/c1-4-26-21-8-5-7-19(17-21)22(25-15-6-13-23-14-16-25)18-9-11-20(12-10-18)24(2)3/h5,7-12,17,22-23H,4,6,13-16H2,1-3H3. The number of anilines is 1. The average Bonchev–Trinajstić information content (AvgIpc) is 2.92. The molecule has 0 bridgehead atoms. The summed E-state index contributed by atoms with van der Waals surface area (Å²) >= 11 is 0. The maximum atomic E-state index is 5.76. The van der Waals surface area contributed by atoms with Gasteiger partial charge in [-0.1, -0.05) is 24.3 Å². The first-order valence-electron chi connectivity index (χ1n) is 9.64. The van der Waals surface area contributed by atoms with Crippen LogP contribution in [0, 0.1) is 0 Å².